The molecule has 118 valence electrons. The van der Waals surface area contributed by atoms with E-state index in [0.29, 0.717) is 18.7 Å². The van der Waals surface area contributed by atoms with Gasteiger partial charge in [0.1, 0.15) is 17.1 Å². The van der Waals surface area contributed by atoms with Crippen LogP contribution in [0.2, 0.25) is 10.0 Å². The summed E-state index contributed by atoms with van der Waals surface area (Å²) in [5.41, 5.74) is 0.326. The molecule has 22 heavy (non-hydrogen) atoms. The number of aliphatic hydroxyl groups excluding tert-OH is 1. The number of ether oxygens (including phenoxy) is 1. The van der Waals surface area contributed by atoms with Gasteiger partial charge in [-0.2, -0.15) is 0 Å². The fraction of sp³-hybridized carbons (Fsp3) is 0.333. The molecule has 7 heteroatoms. The second kappa shape index (κ2) is 7.11. The van der Waals surface area contributed by atoms with Crippen molar-refractivity contribution in [2.45, 2.75) is 19.8 Å². The molecular weight excluding hydrogens is 332 g/mol. The minimum absolute atomic E-state index is 0.0266. The van der Waals surface area contributed by atoms with Crippen LogP contribution in [0.4, 0.5) is 4.39 Å². The number of esters is 1. The van der Waals surface area contributed by atoms with E-state index in [1.165, 1.54) is 6.07 Å². The Morgan fingerprint density at radius 2 is 2.14 bits per heavy atom. The zero-order valence-corrected chi connectivity index (χ0v) is 13.3. The summed E-state index contributed by atoms with van der Waals surface area (Å²) < 4.78 is 18.6. The maximum atomic E-state index is 13.6. The van der Waals surface area contributed by atoms with Crippen molar-refractivity contribution in [3.63, 3.8) is 0 Å². The van der Waals surface area contributed by atoms with Gasteiger partial charge in [0.25, 0.3) is 0 Å². The molecule has 0 amide bonds. The van der Waals surface area contributed by atoms with E-state index in [1.54, 1.807) is 6.92 Å². The van der Waals surface area contributed by atoms with Crippen molar-refractivity contribution in [3.8, 4) is 0 Å². The summed E-state index contributed by atoms with van der Waals surface area (Å²) in [6.45, 7) is 2.36. The molecule has 0 aliphatic carbocycles. The van der Waals surface area contributed by atoms with Crippen LogP contribution in [-0.2, 0) is 9.53 Å². The molecule has 1 aromatic rings. The highest BCUT2D eigenvalue weighted by Crippen LogP contribution is 2.31. The van der Waals surface area contributed by atoms with Crippen molar-refractivity contribution in [1.82, 2.24) is 0 Å². The third-order valence-corrected chi connectivity index (χ3v) is 3.75. The van der Waals surface area contributed by atoms with Crippen molar-refractivity contribution >= 4 is 40.6 Å². The van der Waals surface area contributed by atoms with Gasteiger partial charge in [0.15, 0.2) is 0 Å². The van der Waals surface area contributed by atoms with Crippen LogP contribution >= 0.6 is 23.2 Å². The Labute approximate surface area is 137 Å². The van der Waals surface area contributed by atoms with Gasteiger partial charge >= 0.3 is 5.97 Å². The smallest absolute Gasteiger partial charge is 0.343 e. The van der Waals surface area contributed by atoms with Gasteiger partial charge in [0.2, 0.25) is 0 Å². The molecule has 1 aliphatic rings. The average molecular weight is 346 g/mol. The van der Waals surface area contributed by atoms with Gasteiger partial charge in [-0.25, -0.2) is 9.18 Å². The lowest BCUT2D eigenvalue weighted by Crippen LogP contribution is -2.17. The highest BCUT2D eigenvalue weighted by atomic mass is 35.5. The summed E-state index contributed by atoms with van der Waals surface area (Å²) in [6.07, 6.45) is 1.31. The Morgan fingerprint density at radius 3 is 2.73 bits per heavy atom. The highest BCUT2D eigenvalue weighted by Gasteiger charge is 2.26. The van der Waals surface area contributed by atoms with Crippen LogP contribution in [0.25, 0.3) is 5.76 Å². The predicted molar refractivity (Wildman–Crippen MR) is 84.1 cm³/mol. The van der Waals surface area contributed by atoms with Crippen molar-refractivity contribution in [1.29, 1.82) is 0 Å². The Balaban J connectivity index is 2.58. The van der Waals surface area contributed by atoms with E-state index >= 15 is 0 Å². The maximum absolute atomic E-state index is 13.6. The zero-order chi connectivity index (χ0) is 16.3. The number of aliphatic imine (C=N–C) groups is 1. The summed E-state index contributed by atoms with van der Waals surface area (Å²) in [5.74, 6) is -1.92. The molecule has 0 unspecified atom stereocenters. The molecule has 0 spiro atoms. The summed E-state index contributed by atoms with van der Waals surface area (Å²) in [7, 11) is 0. The minimum Gasteiger partial charge on any atom is -0.506 e. The van der Waals surface area contributed by atoms with E-state index in [9.17, 15) is 14.3 Å². The summed E-state index contributed by atoms with van der Waals surface area (Å²) in [6, 6.07) is 2.15. The fourth-order valence-corrected chi connectivity index (χ4v) is 2.61. The van der Waals surface area contributed by atoms with Gasteiger partial charge in [-0.1, -0.05) is 23.2 Å². The van der Waals surface area contributed by atoms with E-state index in [2.05, 4.69) is 4.99 Å². The third kappa shape index (κ3) is 3.42. The van der Waals surface area contributed by atoms with Crippen LogP contribution in [0, 0.1) is 5.82 Å². The van der Waals surface area contributed by atoms with E-state index < -0.39 is 17.5 Å². The van der Waals surface area contributed by atoms with Crippen molar-refractivity contribution in [2.75, 3.05) is 13.2 Å². The first-order chi connectivity index (χ1) is 10.5. The minimum atomic E-state index is -0.746. The summed E-state index contributed by atoms with van der Waals surface area (Å²) in [5, 5.41) is 10.3. The van der Waals surface area contributed by atoms with Gasteiger partial charge < -0.3 is 9.84 Å². The van der Waals surface area contributed by atoms with Crippen LogP contribution in [0.5, 0.6) is 0 Å². The van der Waals surface area contributed by atoms with Gasteiger partial charge in [-0.05, 0) is 31.9 Å². The molecule has 0 saturated heterocycles. The number of carbonyl (C=O) groups excluding carboxylic acids is 1. The SMILES string of the molecule is CCOC(=O)/C(C1=NCCC1)=C(/O)c1cc(F)c(Cl)cc1Cl. The monoisotopic (exact) mass is 345 g/mol. The third-order valence-electron chi connectivity index (χ3n) is 3.14. The largest absolute Gasteiger partial charge is 0.506 e. The fourth-order valence-electron chi connectivity index (χ4n) is 2.14. The summed E-state index contributed by atoms with van der Waals surface area (Å²) >= 11 is 11.6. The first kappa shape index (κ1) is 16.8. The number of halogens is 3. The van der Waals surface area contributed by atoms with Crippen LogP contribution < -0.4 is 0 Å². The maximum Gasteiger partial charge on any atom is 0.343 e. The molecule has 1 aromatic carbocycles. The molecule has 1 aliphatic heterocycles. The lowest BCUT2D eigenvalue weighted by Gasteiger charge is -2.12. The number of hydrogen-bond acceptors (Lipinski definition) is 4. The van der Waals surface area contributed by atoms with Crippen LogP contribution in [0.15, 0.2) is 22.7 Å². The molecule has 0 fully saturated rings. The standard InChI is InChI=1S/C15H14Cl2FNO3/c1-2-22-15(21)13(12-4-3-5-19-12)14(20)8-6-11(18)10(17)7-9(8)16/h6-7,20H,2-5H2,1H3/b14-13+. The summed E-state index contributed by atoms with van der Waals surface area (Å²) in [4.78, 5) is 16.3. The van der Waals surface area contributed by atoms with Crippen molar-refractivity contribution in [3.05, 3.63) is 39.1 Å². The molecule has 1 N–H and O–H groups in total. The number of aliphatic hydroxyl groups is 1. The van der Waals surface area contributed by atoms with Crippen LogP contribution in [0.3, 0.4) is 0 Å². The lowest BCUT2D eigenvalue weighted by atomic mass is 10.0. The molecular formula is C15H14Cl2FNO3. The zero-order valence-electron chi connectivity index (χ0n) is 11.8. The molecule has 0 radical (unpaired) electrons. The molecule has 1 heterocycles. The second-order valence-electron chi connectivity index (χ2n) is 4.62. The molecule has 0 atom stereocenters. The van der Waals surface area contributed by atoms with Gasteiger partial charge in [-0.15, -0.1) is 0 Å². The second-order valence-corrected chi connectivity index (χ2v) is 5.44. The Morgan fingerprint density at radius 1 is 1.41 bits per heavy atom. The first-order valence-corrected chi connectivity index (χ1v) is 7.50. The molecule has 2 rings (SSSR count). The number of hydrogen-bond donors (Lipinski definition) is 1. The topological polar surface area (TPSA) is 58.9 Å². The van der Waals surface area contributed by atoms with E-state index in [4.69, 9.17) is 27.9 Å². The van der Waals surface area contributed by atoms with Gasteiger partial charge in [0, 0.05) is 12.1 Å². The Bertz CT molecular complexity index is 671. The van der Waals surface area contributed by atoms with E-state index in [1.807, 2.05) is 0 Å². The van der Waals surface area contributed by atoms with Crippen molar-refractivity contribution in [2.24, 2.45) is 4.99 Å². The Kier molecular flexibility index (Phi) is 5.42. The van der Waals surface area contributed by atoms with Crippen LogP contribution in [-0.4, -0.2) is 29.9 Å². The Hall–Kier alpha value is -1.59. The number of carbonyl (C=O) groups is 1. The lowest BCUT2D eigenvalue weighted by molar-refractivity contribution is -0.137. The van der Waals surface area contributed by atoms with E-state index in [-0.39, 0.29) is 27.8 Å². The van der Waals surface area contributed by atoms with Gasteiger partial charge in [-0.3, -0.25) is 4.99 Å². The number of benzene rings is 1. The number of nitrogens with zero attached hydrogens (tertiary/aromatic N) is 1. The quantitative estimate of drug-likeness (QED) is 0.385. The molecule has 4 nitrogen and oxygen atoms in total. The first-order valence-electron chi connectivity index (χ1n) is 6.74. The number of rotatable bonds is 4. The van der Waals surface area contributed by atoms with Crippen molar-refractivity contribution < 1.29 is 19.0 Å². The molecule has 0 saturated carbocycles. The van der Waals surface area contributed by atoms with Crippen LogP contribution in [0.1, 0.15) is 25.3 Å². The highest BCUT2D eigenvalue weighted by molar-refractivity contribution is 6.36. The molecule has 0 aromatic heterocycles. The normalized spacial score (nSPS) is 15.4. The average Bonchev–Trinajstić information content (AvgIpc) is 2.97. The van der Waals surface area contributed by atoms with E-state index in [0.717, 1.165) is 12.5 Å². The van der Waals surface area contributed by atoms with Gasteiger partial charge in [0.05, 0.1) is 22.4 Å². The molecule has 0 bridgehead atoms. The predicted octanol–water partition coefficient (Wildman–Crippen LogP) is 4.20.